The van der Waals surface area contributed by atoms with Crippen molar-refractivity contribution in [3.05, 3.63) is 17.3 Å². The fourth-order valence-electron chi connectivity index (χ4n) is 6.10. The second-order valence-corrected chi connectivity index (χ2v) is 10.2. The maximum absolute atomic E-state index is 6.33. The molecule has 2 bridgehead atoms. The number of fused-ring (bicyclic) bond motifs is 3. The van der Waals surface area contributed by atoms with Crippen LogP contribution < -0.4 is 10.2 Å². The van der Waals surface area contributed by atoms with Crippen LogP contribution in [0.5, 0.6) is 0 Å². The van der Waals surface area contributed by atoms with Crippen LogP contribution in [0.3, 0.4) is 0 Å². The molecule has 2 aromatic rings. The van der Waals surface area contributed by atoms with Crippen LogP contribution >= 0.6 is 11.3 Å². The number of piperidine rings is 1. The first-order chi connectivity index (χ1) is 14.2. The fourth-order valence-corrected chi connectivity index (χ4v) is 7.16. The Balaban J connectivity index is 1.44. The van der Waals surface area contributed by atoms with Crippen molar-refractivity contribution < 1.29 is 4.74 Å². The van der Waals surface area contributed by atoms with E-state index in [9.17, 15) is 0 Å². The molecule has 3 aliphatic heterocycles. The average molecular weight is 415 g/mol. The minimum atomic E-state index is 0.366. The predicted octanol–water partition coefficient (Wildman–Crippen LogP) is 4.72. The van der Waals surface area contributed by atoms with E-state index < -0.39 is 0 Å². The van der Waals surface area contributed by atoms with Gasteiger partial charge in [-0.15, -0.1) is 11.3 Å². The van der Waals surface area contributed by atoms with Crippen molar-refractivity contribution >= 4 is 27.4 Å². The molecule has 5 heterocycles. The van der Waals surface area contributed by atoms with E-state index in [4.69, 9.17) is 9.72 Å². The third-order valence-electron chi connectivity index (χ3n) is 7.33. The molecule has 1 N–H and O–H groups in total. The standard InChI is InChI=1S/C23H34N4OS/c1-4-28-21(19-6-5-9-24-19)15-10-16-7-8-17(11-15)27(16)22-20-18(14(2)3)12-29-23(20)26-13-25-22/h12-17,19,21,24H,4-11H2,1-3H3. The molecule has 3 aliphatic rings. The Morgan fingerprint density at radius 3 is 2.66 bits per heavy atom. The topological polar surface area (TPSA) is 50.3 Å². The van der Waals surface area contributed by atoms with Gasteiger partial charge in [0.25, 0.3) is 0 Å². The molecule has 0 aliphatic carbocycles. The highest BCUT2D eigenvalue weighted by atomic mass is 32.1. The molecule has 0 saturated carbocycles. The minimum absolute atomic E-state index is 0.366. The van der Waals surface area contributed by atoms with Gasteiger partial charge in [-0.3, -0.25) is 0 Å². The summed E-state index contributed by atoms with van der Waals surface area (Å²) in [5, 5.41) is 7.31. The first kappa shape index (κ1) is 19.7. The van der Waals surface area contributed by atoms with Gasteiger partial charge in [-0.1, -0.05) is 13.8 Å². The van der Waals surface area contributed by atoms with Gasteiger partial charge in [0.1, 0.15) is 17.0 Å². The lowest BCUT2D eigenvalue weighted by Gasteiger charge is -2.43. The molecule has 0 aromatic carbocycles. The molecule has 4 unspecified atom stereocenters. The Morgan fingerprint density at radius 2 is 2.00 bits per heavy atom. The maximum Gasteiger partial charge on any atom is 0.141 e. The van der Waals surface area contributed by atoms with Crippen LogP contribution in [0, 0.1) is 5.92 Å². The van der Waals surface area contributed by atoms with Crippen LogP contribution in [0.25, 0.3) is 10.2 Å². The van der Waals surface area contributed by atoms with Crippen molar-refractivity contribution in [1.29, 1.82) is 0 Å². The lowest BCUT2D eigenvalue weighted by atomic mass is 9.82. The largest absolute Gasteiger partial charge is 0.377 e. The third-order valence-corrected chi connectivity index (χ3v) is 8.24. The van der Waals surface area contributed by atoms with E-state index in [1.807, 2.05) is 0 Å². The van der Waals surface area contributed by atoms with E-state index in [2.05, 4.69) is 41.4 Å². The highest BCUT2D eigenvalue weighted by molar-refractivity contribution is 7.17. The molecule has 5 nitrogen and oxygen atoms in total. The Kier molecular flexibility index (Phi) is 5.52. The van der Waals surface area contributed by atoms with Gasteiger partial charge in [0, 0.05) is 24.7 Å². The van der Waals surface area contributed by atoms with Crippen LogP contribution in [0.2, 0.25) is 0 Å². The summed E-state index contributed by atoms with van der Waals surface area (Å²) in [6, 6.07) is 1.71. The molecule has 29 heavy (non-hydrogen) atoms. The van der Waals surface area contributed by atoms with Crippen LogP contribution in [-0.2, 0) is 4.74 Å². The fraction of sp³-hybridized carbons (Fsp3) is 0.739. The van der Waals surface area contributed by atoms with Crippen LogP contribution in [0.15, 0.2) is 11.7 Å². The van der Waals surface area contributed by atoms with Crippen molar-refractivity contribution in [2.75, 3.05) is 18.1 Å². The zero-order valence-corrected chi connectivity index (χ0v) is 18.8. The van der Waals surface area contributed by atoms with E-state index in [0.29, 0.717) is 36.1 Å². The zero-order valence-electron chi connectivity index (χ0n) is 17.9. The molecular formula is C23H34N4OS. The molecule has 158 valence electrons. The van der Waals surface area contributed by atoms with E-state index in [0.717, 1.165) is 18.0 Å². The summed E-state index contributed by atoms with van der Waals surface area (Å²) in [6.07, 6.45) is 9.71. The average Bonchev–Trinajstić information content (AvgIpc) is 3.44. The molecule has 4 atom stereocenters. The Labute approximate surface area is 178 Å². The summed E-state index contributed by atoms with van der Waals surface area (Å²) < 4.78 is 6.33. The third kappa shape index (κ3) is 3.47. The summed E-state index contributed by atoms with van der Waals surface area (Å²) in [5.41, 5.74) is 1.41. The van der Waals surface area contributed by atoms with Gasteiger partial charge >= 0.3 is 0 Å². The molecule has 3 saturated heterocycles. The molecular weight excluding hydrogens is 380 g/mol. The maximum atomic E-state index is 6.33. The van der Waals surface area contributed by atoms with Gasteiger partial charge in [-0.2, -0.15) is 0 Å². The molecule has 0 amide bonds. The number of thiophene rings is 1. The SMILES string of the molecule is CCOC(C1CC2CCC(C1)N2c1ncnc2scc(C(C)C)c12)C1CCCN1. The monoisotopic (exact) mass is 414 g/mol. The summed E-state index contributed by atoms with van der Waals surface area (Å²) >= 11 is 1.77. The van der Waals surface area contributed by atoms with Gasteiger partial charge in [0.2, 0.25) is 0 Å². The summed E-state index contributed by atoms with van der Waals surface area (Å²) in [7, 11) is 0. The second kappa shape index (κ2) is 8.12. The van der Waals surface area contributed by atoms with Gasteiger partial charge in [-0.25, -0.2) is 9.97 Å². The normalized spacial score (nSPS) is 30.6. The zero-order chi connectivity index (χ0) is 20.0. The first-order valence-corrected chi connectivity index (χ1v) is 12.4. The summed E-state index contributed by atoms with van der Waals surface area (Å²) in [5.74, 6) is 2.35. The van der Waals surface area contributed by atoms with Crippen LogP contribution in [0.1, 0.15) is 70.8 Å². The van der Waals surface area contributed by atoms with Crippen molar-refractivity contribution in [3.8, 4) is 0 Å². The van der Waals surface area contributed by atoms with Crippen molar-refractivity contribution in [2.45, 2.75) is 89.4 Å². The number of nitrogens with zero attached hydrogens (tertiary/aromatic N) is 3. The molecule has 0 spiro atoms. The number of nitrogens with one attached hydrogen (secondary N) is 1. The molecule has 0 radical (unpaired) electrons. The number of rotatable bonds is 6. The van der Waals surface area contributed by atoms with Crippen LogP contribution in [-0.4, -0.2) is 47.3 Å². The van der Waals surface area contributed by atoms with Crippen LogP contribution in [0.4, 0.5) is 5.82 Å². The Bertz CT molecular complexity index is 833. The van der Waals surface area contributed by atoms with Crippen molar-refractivity contribution in [3.63, 3.8) is 0 Å². The minimum Gasteiger partial charge on any atom is -0.377 e. The Hall–Kier alpha value is -1.24. The van der Waals surface area contributed by atoms with Crippen molar-refractivity contribution in [1.82, 2.24) is 15.3 Å². The van der Waals surface area contributed by atoms with E-state index in [1.54, 1.807) is 17.7 Å². The van der Waals surface area contributed by atoms with Gasteiger partial charge in [0.05, 0.1) is 11.5 Å². The van der Waals surface area contributed by atoms with E-state index >= 15 is 0 Å². The summed E-state index contributed by atoms with van der Waals surface area (Å²) in [4.78, 5) is 13.2. The van der Waals surface area contributed by atoms with Gasteiger partial charge < -0.3 is 15.0 Å². The molecule has 3 fully saturated rings. The second-order valence-electron chi connectivity index (χ2n) is 9.37. The highest BCUT2D eigenvalue weighted by Gasteiger charge is 2.46. The number of aromatic nitrogens is 2. The lowest BCUT2D eigenvalue weighted by molar-refractivity contribution is -0.0143. The van der Waals surface area contributed by atoms with Gasteiger partial charge in [0.15, 0.2) is 0 Å². The quantitative estimate of drug-likeness (QED) is 0.741. The number of anilines is 1. The summed E-state index contributed by atoms with van der Waals surface area (Å²) in [6.45, 7) is 8.67. The Morgan fingerprint density at radius 1 is 1.21 bits per heavy atom. The molecule has 2 aromatic heterocycles. The molecule has 5 rings (SSSR count). The van der Waals surface area contributed by atoms with Crippen molar-refractivity contribution in [2.24, 2.45) is 5.92 Å². The van der Waals surface area contributed by atoms with Gasteiger partial charge in [-0.05, 0) is 74.8 Å². The predicted molar refractivity (Wildman–Crippen MR) is 120 cm³/mol. The number of hydrogen-bond donors (Lipinski definition) is 1. The molecule has 6 heteroatoms. The lowest BCUT2D eigenvalue weighted by Crippen LogP contribution is -2.50. The highest BCUT2D eigenvalue weighted by Crippen LogP contribution is 2.46. The van der Waals surface area contributed by atoms with E-state index in [1.165, 1.54) is 55.3 Å². The first-order valence-electron chi connectivity index (χ1n) is 11.5. The smallest absolute Gasteiger partial charge is 0.141 e. The number of ether oxygens (including phenoxy) is 1. The number of hydrogen-bond acceptors (Lipinski definition) is 6. The van der Waals surface area contributed by atoms with E-state index in [-0.39, 0.29) is 0 Å².